The van der Waals surface area contributed by atoms with E-state index in [2.05, 4.69) is 9.71 Å². The summed E-state index contributed by atoms with van der Waals surface area (Å²) in [5.74, 6) is -0.641. The van der Waals surface area contributed by atoms with Crippen molar-refractivity contribution in [3.05, 3.63) is 66.2 Å². The Morgan fingerprint density at radius 1 is 0.963 bits per heavy atom. The number of nitrogens with zero attached hydrogens (tertiary/aromatic N) is 2. The average Bonchev–Trinajstić information content (AvgIpc) is 3.23. The van der Waals surface area contributed by atoms with Crippen LogP contribution in [0, 0.1) is 0 Å². The summed E-state index contributed by atoms with van der Waals surface area (Å²) in [6, 6.07) is 18.4. The summed E-state index contributed by atoms with van der Waals surface area (Å²) in [4.78, 5) is 17.5. The first-order valence-corrected chi connectivity index (χ1v) is 10.3. The highest BCUT2D eigenvalue weighted by molar-refractivity contribution is 7.87. The van der Waals surface area contributed by atoms with Crippen LogP contribution >= 0.6 is 0 Å². The number of benzene rings is 2. The molecule has 0 unspecified atom stereocenters. The van der Waals surface area contributed by atoms with Gasteiger partial charge in [0, 0.05) is 24.0 Å². The van der Waals surface area contributed by atoms with Crippen molar-refractivity contribution in [1.29, 1.82) is 0 Å². The lowest BCUT2D eigenvalue weighted by molar-refractivity contribution is 0.0981. The molecule has 138 valence electrons. The zero-order chi connectivity index (χ0) is 18.9. The second kappa shape index (κ2) is 7.09. The fourth-order valence-electron chi connectivity index (χ4n) is 3.29. The van der Waals surface area contributed by atoms with Crippen LogP contribution in [0.15, 0.2) is 60.7 Å². The van der Waals surface area contributed by atoms with Crippen molar-refractivity contribution in [3.63, 3.8) is 0 Å². The van der Waals surface area contributed by atoms with Crippen LogP contribution in [-0.4, -0.2) is 36.7 Å². The van der Waals surface area contributed by atoms with Crippen LogP contribution in [0.25, 0.3) is 22.2 Å². The van der Waals surface area contributed by atoms with Gasteiger partial charge in [0.25, 0.3) is 5.91 Å². The van der Waals surface area contributed by atoms with E-state index in [1.165, 1.54) is 4.31 Å². The van der Waals surface area contributed by atoms with Gasteiger partial charge in [-0.2, -0.15) is 12.7 Å². The highest BCUT2D eigenvalue weighted by atomic mass is 32.2. The Morgan fingerprint density at radius 3 is 2.37 bits per heavy atom. The molecule has 0 radical (unpaired) electrons. The van der Waals surface area contributed by atoms with Crippen molar-refractivity contribution in [2.24, 2.45) is 0 Å². The van der Waals surface area contributed by atoms with E-state index >= 15 is 0 Å². The number of rotatable bonds is 4. The van der Waals surface area contributed by atoms with Crippen LogP contribution in [-0.2, 0) is 10.2 Å². The number of hydrogen-bond donors (Lipinski definition) is 1. The van der Waals surface area contributed by atoms with Gasteiger partial charge in [0.1, 0.15) is 0 Å². The van der Waals surface area contributed by atoms with Crippen LogP contribution in [0.3, 0.4) is 0 Å². The first-order valence-electron chi connectivity index (χ1n) is 8.82. The number of carbonyl (C=O) groups excluding carboxylic acids is 1. The lowest BCUT2D eigenvalue weighted by Crippen LogP contribution is -2.42. The topological polar surface area (TPSA) is 79.4 Å². The van der Waals surface area contributed by atoms with E-state index in [1.807, 2.05) is 42.5 Å². The molecule has 3 aromatic rings. The Morgan fingerprint density at radius 2 is 1.63 bits per heavy atom. The van der Waals surface area contributed by atoms with Gasteiger partial charge in [-0.05, 0) is 25.0 Å². The van der Waals surface area contributed by atoms with Crippen molar-refractivity contribution in [1.82, 2.24) is 14.0 Å². The van der Waals surface area contributed by atoms with Crippen LogP contribution in [0.2, 0.25) is 0 Å². The van der Waals surface area contributed by atoms with E-state index in [-0.39, 0.29) is 0 Å². The minimum Gasteiger partial charge on any atom is -0.268 e. The van der Waals surface area contributed by atoms with Gasteiger partial charge in [-0.1, -0.05) is 48.5 Å². The number of amides is 1. The first kappa shape index (κ1) is 17.6. The molecule has 0 bridgehead atoms. The van der Waals surface area contributed by atoms with E-state index in [1.54, 1.807) is 18.2 Å². The SMILES string of the molecule is O=C(NS(=O)(=O)N1CCCC1)c1cc(-c2ccccc2)nc2ccccc12. The summed E-state index contributed by atoms with van der Waals surface area (Å²) >= 11 is 0. The predicted octanol–water partition coefficient (Wildman–Crippen LogP) is 2.97. The smallest absolute Gasteiger partial charge is 0.268 e. The molecule has 0 atom stereocenters. The minimum atomic E-state index is -3.84. The summed E-state index contributed by atoms with van der Waals surface area (Å²) in [6.45, 7) is 0.879. The number of aromatic nitrogens is 1. The van der Waals surface area contributed by atoms with Crippen LogP contribution in [0.1, 0.15) is 23.2 Å². The molecule has 0 aliphatic carbocycles. The molecule has 0 spiro atoms. The number of carbonyl (C=O) groups is 1. The Hall–Kier alpha value is -2.77. The fourth-order valence-corrected chi connectivity index (χ4v) is 4.50. The molecular formula is C20H19N3O3S. The summed E-state index contributed by atoms with van der Waals surface area (Å²) in [5.41, 5.74) is 2.42. The molecule has 1 fully saturated rings. The van der Waals surface area contributed by atoms with E-state index in [0.717, 1.165) is 18.4 Å². The third-order valence-corrected chi connectivity index (χ3v) is 6.15. The monoisotopic (exact) mass is 381 g/mol. The van der Waals surface area contributed by atoms with Crippen molar-refractivity contribution >= 4 is 27.0 Å². The van der Waals surface area contributed by atoms with Crippen LogP contribution < -0.4 is 4.72 Å². The maximum atomic E-state index is 12.9. The molecule has 2 aromatic carbocycles. The Kier molecular flexibility index (Phi) is 4.63. The lowest BCUT2D eigenvalue weighted by atomic mass is 10.0. The van der Waals surface area contributed by atoms with Gasteiger partial charge in [-0.3, -0.25) is 4.79 Å². The number of fused-ring (bicyclic) bond motifs is 1. The molecule has 1 aromatic heterocycles. The second-order valence-electron chi connectivity index (χ2n) is 6.48. The largest absolute Gasteiger partial charge is 0.304 e. The molecular weight excluding hydrogens is 362 g/mol. The van der Waals surface area contributed by atoms with Crippen molar-refractivity contribution in [2.75, 3.05) is 13.1 Å². The molecule has 2 heterocycles. The van der Waals surface area contributed by atoms with Gasteiger partial charge in [0.05, 0.1) is 16.8 Å². The van der Waals surface area contributed by atoms with Crippen molar-refractivity contribution < 1.29 is 13.2 Å². The first-order chi connectivity index (χ1) is 13.0. The maximum Gasteiger partial charge on any atom is 0.304 e. The summed E-state index contributed by atoms with van der Waals surface area (Å²) in [5, 5.41) is 0.617. The summed E-state index contributed by atoms with van der Waals surface area (Å²) < 4.78 is 28.5. The molecule has 1 aliphatic rings. The summed E-state index contributed by atoms with van der Waals surface area (Å²) in [7, 11) is -3.84. The standard InChI is InChI=1S/C20H19N3O3S/c24-20(22-27(25,26)23-12-6-7-13-23)17-14-19(15-8-2-1-3-9-15)21-18-11-5-4-10-16(17)18/h1-5,8-11,14H,6-7,12-13H2,(H,22,24). The van der Waals surface area contributed by atoms with E-state index in [9.17, 15) is 13.2 Å². The highest BCUT2D eigenvalue weighted by Crippen LogP contribution is 2.25. The van der Waals surface area contributed by atoms with E-state index in [4.69, 9.17) is 0 Å². The lowest BCUT2D eigenvalue weighted by Gasteiger charge is -2.16. The van der Waals surface area contributed by atoms with Crippen LogP contribution in [0.4, 0.5) is 0 Å². The Labute approximate surface area is 158 Å². The molecule has 1 amide bonds. The number of para-hydroxylation sites is 1. The third-order valence-electron chi connectivity index (χ3n) is 4.66. The van der Waals surface area contributed by atoms with Gasteiger partial charge >= 0.3 is 10.2 Å². The maximum absolute atomic E-state index is 12.9. The van der Waals surface area contributed by atoms with Gasteiger partial charge in [-0.25, -0.2) is 9.71 Å². The summed E-state index contributed by atoms with van der Waals surface area (Å²) in [6.07, 6.45) is 1.62. The molecule has 4 rings (SSSR count). The molecule has 27 heavy (non-hydrogen) atoms. The minimum absolute atomic E-state index is 0.294. The Bertz CT molecular complexity index is 1090. The van der Waals surface area contributed by atoms with Gasteiger partial charge < -0.3 is 0 Å². The number of hydrogen-bond acceptors (Lipinski definition) is 4. The third kappa shape index (κ3) is 3.56. The normalized spacial score (nSPS) is 15.1. The van der Waals surface area contributed by atoms with E-state index in [0.29, 0.717) is 35.2 Å². The predicted molar refractivity (Wildman–Crippen MR) is 104 cm³/mol. The van der Waals surface area contributed by atoms with E-state index < -0.39 is 16.1 Å². The number of pyridine rings is 1. The van der Waals surface area contributed by atoms with Gasteiger partial charge in [0.15, 0.2) is 0 Å². The molecule has 1 N–H and O–H groups in total. The Balaban J connectivity index is 1.77. The molecule has 0 saturated carbocycles. The molecule has 1 saturated heterocycles. The quantitative estimate of drug-likeness (QED) is 0.754. The molecule has 1 aliphatic heterocycles. The van der Waals surface area contributed by atoms with Gasteiger partial charge in [-0.15, -0.1) is 0 Å². The molecule has 7 heteroatoms. The number of nitrogens with one attached hydrogen (secondary N) is 1. The second-order valence-corrected chi connectivity index (χ2v) is 8.15. The zero-order valence-electron chi connectivity index (χ0n) is 14.6. The molecule has 6 nitrogen and oxygen atoms in total. The average molecular weight is 381 g/mol. The zero-order valence-corrected chi connectivity index (χ0v) is 15.4. The van der Waals surface area contributed by atoms with Crippen molar-refractivity contribution in [2.45, 2.75) is 12.8 Å². The highest BCUT2D eigenvalue weighted by Gasteiger charge is 2.28. The fraction of sp³-hybridized carbons (Fsp3) is 0.200. The van der Waals surface area contributed by atoms with Crippen molar-refractivity contribution in [3.8, 4) is 11.3 Å². The van der Waals surface area contributed by atoms with Gasteiger partial charge in [0.2, 0.25) is 0 Å². The van der Waals surface area contributed by atoms with Crippen LogP contribution in [0.5, 0.6) is 0 Å².